The summed E-state index contributed by atoms with van der Waals surface area (Å²) in [5.74, 6) is 0. The highest BCUT2D eigenvalue weighted by atomic mass is 35.5. The molecule has 0 amide bonds. The molecule has 0 radical (unpaired) electrons. The quantitative estimate of drug-likeness (QED) is 0.344. The van der Waals surface area contributed by atoms with E-state index in [-0.39, 0.29) is 17.7 Å². The number of hydrogen-bond donors (Lipinski definition) is 0. The van der Waals surface area contributed by atoms with Gasteiger partial charge in [-0.1, -0.05) is 74.1 Å². The average Bonchev–Trinajstić information content (AvgIpc) is 3.01. The molecule has 2 nitrogen and oxygen atoms in total. The first-order valence-electron chi connectivity index (χ1n) is 9.71. The minimum Gasteiger partial charge on any atom is -1.00 e. The van der Waals surface area contributed by atoms with E-state index in [2.05, 4.69) is 112 Å². The van der Waals surface area contributed by atoms with Crippen LogP contribution in [0.5, 0.6) is 0 Å². The van der Waals surface area contributed by atoms with Gasteiger partial charge in [0.15, 0.2) is 0 Å². The first-order valence-corrected chi connectivity index (χ1v) is 10.8. The first-order chi connectivity index (χ1) is 12.7. The second-order valence-corrected chi connectivity index (χ2v) is 10.3. The van der Waals surface area contributed by atoms with Crippen LogP contribution in [-0.2, 0) is 6.44 Å². The van der Waals surface area contributed by atoms with Gasteiger partial charge < -0.3 is 12.4 Å². The van der Waals surface area contributed by atoms with Crippen molar-refractivity contribution in [3.63, 3.8) is 0 Å². The van der Waals surface area contributed by atoms with E-state index in [0.717, 1.165) is 14.9 Å². The van der Waals surface area contributed by atoms with Gasteiger partial charge in [-0.25, -0.2) is 9.13 Å². The Hall–Kier alpha value is -1.57. The molecule has 0 saturated carbocycles. The van der Waals surface area contributed by atoms with Crippen molar-refractivity contribution in [2.75, 3.05) is 0 Å². The molecular formula is C23H31BClN2P. The third-order valence-corrected chi connectivity index (χ3v) is 7.20. The summed E-state index contributed by atoms with van der Waals surface area (Å²) in [5.41, 5.74) is 5.28. The lowest BCUT2D eigenvalue weighted by Gasteiger charge is -2.26. The predicted molar refractivity (Wildman–Crippen MR) is 120 cm³/mol. The van der Waals surface area contributed by atoms with E-state index >= 15 is 0 Å². The van der Waals surface area contributed by atoms with E-state index in [1.54, 1.807) is 0 Å². The fourth-order valence-corrected chi connectivity index (χ4v) is 5.22. The van der Waals surface area contributed by atoms with Crippen LogP contribution in [0.15, 0.2) is 61.2 Å². The molecule has 148 valence electrons. The fourth-order valence-electron chi connectivity index (χ4n) is 3.70. The largest absolute Gasteiger partial charge is 1.00 e. The number of rotatable bonds is 5. The number of aromatic nitrogens is 2. The van der Waals surface area contributed by atoms with E-state index < -0.39 is 0 Å². The van der Waals surface area contributed by atoms with Crippen LogP contribution in [0.2, 0.25) is 5.31 Å². The first kappa shape index (κ1) is 22.7. The maximum atomic E-state index is 2.36. The number of halogens is 1. The number of benzene rings is 2. The standard InChI is InChI=1S/C23H31BN2P.ClH/c1-18-14-19(2)22(20(3)15-18)26-13-12-25(17-26)16-24(23(4,5)6)27-21-10-8-7-9-11-21;/h7-15,17,27H,16H2,1-6H3;1H/q+1;/p-1. The van der Waals surface area contributed by atoms with Crippen molar-refractivity contribution in [2.24, 2.45) is 0 Å². The molecule has 1 atom stereocenters. The molecule has 3 aromatic rings. The topological polar surface area (TPSA) is 8.81 Å². The summed E-state index contributed by atoms with van der Waals surface area (Å²) in [6.45, 7) is 13.7. The fraction of sp³-hybridized carbons (Fsp3) is 0.348. The monoisotopic (exact) mass is 412 g/mol. The molecule has 1 heterocycles. The van der Waals surface area contributed by atoms with Gasteiger partial charge in [0.25, 0.3) is 0 Å². The Morgan fingerprint density at radius 2 is 1.61 bits per heavy atom. The Kier molecular flexibility index (Phi) is 7.54. The molecule has 0 aliphatic carbocycles. The molecule has 5 heteroatoms. The molecule has 1 unspecified atom stereocenters. The predicted octanol–water partition coefficient (Wildman–Crippen LogP) is 2.03. The van der Waals surface area contributed by atoms with Crippen molar-refractivity contribution >= 4 is 20.2 Å². The van der Waals surface area contributed by atoms with Crippen molar-refractivity contribution in [2.45, 2.75) is 53.3 Å². The molecule has 1 aromatic heterocycles. The normalized spacial score (nSPS) is 11.6. The van der Waals surface area contributed by atoms with Crippen LogP contribution in [0.25, 0.3) is 5.69 Å². The Morgan fingerprint density at radius 3 is 2.18 bits per heavy atom. The van der Waals surface area contributed by atoms with Crippen molar-refractivity contribution < 1.29 is 17.0 Å². The van der Waals surface area contributed by atoms with Gasteiger partial charge in [0.2, 0.25) is 12.8 Å². The van der Waals surface area contributed by atoms with Crippen molar-refractivity contribution in [1.29, 1.82) is 0 Å². The summed E-state index contributed by atoms with van der Waals surface area (Å²) >= 11 is 0. The molecule has 0 fully saturated rings. The van der Waals surface area contributed by atoms with E-state index in [4.69, 9.17) is 0 Å². The van der Waals surface area contributed by atoms with Crippen LogP contribution in [0.1, 0.15) is 37.5 Å². The van der Waals surface area contributed by atoms with E-state index in [1.807, 2.05) is 0 Å². The molecule has 3 rings (SSSR count). The van der Waals surface area contributed by atoms with Crippen LogP contribution in [-0.4, -0.2) is 11.0 Å². The number of hydrogen-bond acceptors (Lipinski definition) is 0. The lowest BCUT2D eigenvalue weighted by molar-refractivity contribution is -0.679. The Bertz CT molecular complexity index is 893. The molecule has 28 heavy (non-hydrogen) atoms. The summed E-state index contributed by atoms with van der Waals surface area (Å²) in [6, 6.07) is 15.4. The zero-order valence-corrected chi connectivity index (χ0v) is 19.6. The Labute approximate surface area is 178 Å². The van der Waals surface area contributed by atoms with Crippen LogP contribution in [0.4, 0.5) is 0 Å². The number of imidazole rings is 1. The average molecular weight is 413 g/mol. The van der Waals surface area contributed by atoms with Gasteiger partial charge in [-0.15, -0.1) is 8.46 Å². The van der Waals surface area contributed by atoms with E-state index in [1.165, 1.54) is 27.7 Å². The van der Waals surface area contributed by atoms with E-state index in [9.17, 15) is 0 Å². The minimum absolute atomic E-state index is 0. The van der Waals surface area contributed by atoms with Crippen LogP contribution < -0.4 is 22.3 Å². The number of aryl methyl sites for hydroxylation is 3. The summed E-state index contributed by atoms with van der Waals surface area (Å²) in [7, 11) is 0.812. The highest BCUT2D eigenvalue weighted by molar-refractivity contribution is 7.82. The molecule has 0 aliphatic heterocycles. The van der Waals surface area contributed by atoms with Gasteiger partial charge in [-0.05, 0) is 37.2 Å². The van der Waals surface area contributed by atoms with Gasteiger partial charge >= 0.3 is 0 Å². The highest BCUT2D eigenvalue weighted by Crippen LogP contribution is 2.36. The van der Waals surface area contributed by atoms with Crippen LogP contribution >= 0.6 is 8.46 Å². The molecule has 0 saturated heterocycles. The molecule has 0 bridgehead atoms. The second kappa shape index (κ2) is 9.29. The third kappa shape index (κ3) is 5.49. The summed E-state index contributed by atoms with van der Waals surface area (Å²) in [4.78, 5) is 0. The molecule has 0 aliphatic rings. The van der Waals surface area contributed by atoms with Gasteiger partial charge in [0.05, 0.1) is 6.44 Å². The number of nitrogens with zero attached hydrogens (tertiary/aromatic N) is 2. The van der Waals surface area contributed by atoms with Crippen molar-refractivity contribution in [3.8, 4) is 5.69 Å². The van der Waals surface area contributed by atoms with Gasteiger partial charge in [-0.2, -0.15) is 0 Å². The molecule has 0 spiro atoms. The summed E-state index contributed by atoms with van der Waals surface area (Å²) in [5, 5.41) is 1.71. The lowest BCUT2D eigenvalue weighted by Crippen LogP contribution is -3.00. The smallest absolute Gasteiger partial charge is 0.248 e. The van der Waals surface area contributed by atoms with Crippen LogP contribution in [0, 0.1) is 20.8 Å². The van der Waals surface area contributed by atoms with Gasteiger partial charge in [0, 0.05) is 0 Å². The maximum Gasteiger partial charge on any atom is 0.248 e. The van der Waals surface area contributed by atoms with Crippen molar-refractivity contribution in [1.82, 2.24) is 4.57 Å². The maximum absolute atomic E-state index is 2.36. The van der Waals surface area contributed by atoms with Gasteiger partial charge in [0.1, 0.15) is 18.1 Å². The zero-order chi connectivity index (χ0) is 19.6. The minimum atomic E-state index is 0. The second-order valence-electron chi connectivity index (χ2n) is 8.69. The molecule has 0 N–H and O–H groups in total. The van der Waals surface area contributed by atoms with Crippen molar-refractivity contribution in [3.05, 3.63) is 77.9 Å². The third-order valence-electron chi connectivity index (χ3n) is 5.14. The zero-order valence-electron chi connectivity index (χ0n) is 17.8. The van der Waals surface area contributed by atoms with Gasteiger partial charge in [-0.3, -0.25) is 0 Å². The molecule has 2 aromatic carbocycles. The lowest BCUT2D eigenvalue weighted by atomic mass is 9.53. The highest BCUT2D eigenvalue weighted by Gasteiger charge is 2.31. The van der Waals surface area contributed by atoms with E-state index in [0.29, 0.717) is 6.43 Å². The van der Waals surface area contributed by atoms with Crippen LogP contribution in [0.3, 0.4) is 0 Å². The summed E-state index contributed by atoms with van der Waals surface area (Å²) < 4.78 is 4.63. The Balaban J connectivity index is 0.00000280. The Morgan fingerprint density at radius 1 is 1.00 bits per heavy atom. The summed E-state index contributed by atoms with van der Waals surface area (Å²) in [6.07, 6.45) is 8.29. The molecular weight excluding hydrogens is 382 g/mol. The SMILES string of the molecule is Cc1cc(C)c(-n2cc[n+](CB(Pc3ccccc3)C(C)(C)C)c2)c(C)c1.[Cl-].